The predicted octanol–water partition coefficient (Wildman–Crippen LogP) is 1.98. The van der Waals surface area contributed by atoms with Crippen LogP contribution in [0.15, 0.2) is 18.2 Å². The van der Waals surface area contributed by atoms with Gasteiger partial charge in [-0.3, -0.25) is 4.79 Å². The van der Waals surface area contributed by atoms with Crippen LogP contribution in [0, 0.1) is 0 Å². The van der Waals surface area contributed by atoms with E-state index in [2.05, 4.69) is 5.32 Å². The fourth-order valence-corrected chi connectivity index (χ4v) is 3.28. The number of carbonyl (C=O) groups excluding carboxylic acids is 1. The molecule has 0 spiro atoms. The Labute approximate surface area is 119 Å². The molecule has 108 valence electrons. The van der Waals surface area contributed by atoms with Crippen molar-refractivity contribution in [2.75, 3.05) is 19.6 Å². The van der Waals surface area contributed by atoms with E-state index in [4.69, 9.17) is 0 Å². The molecule has 1 aliphatic carbocycles. The second-order valence-electron chi connectivity index (χ2n) is 5.80. The minimum atomic E-state index is 0.219. The van der Waals surface area contributed by atoms with Crippen LogP contribution in [0.4, 0.5) is 0 Å². The molecule has 1 atom stereocenters. The zero-order valence-electron chi connectivity index (χ0n) is 11.8. The van der Waals surface area contributed by atoms with E-state index >= 15 is 0 Å². The molecule has 1 heterocycles. The predicted molar refractivity (Wildman–Crippen MR) is 77.6 cm³/mol. The fraction of sp³-hybridized carbons (Fsp3) is 0.562. The van der Waals surface area contributed by atoms with Gasteiger partial charge in [0.1, 0.15) is 5.75 Å². The fourth-order valence-electron chi connectivity index (χ4n) is 3.28. The number of hydrogen-bond donors (Lipinski definition) is 2. The Kier molecular flexibility index (Phi) is 3.92. The normalized spacial score (nSPS) is 21.8. The van der Waals surface area contributed by atoms with Crippen LogP contribution in [0.3, 0.4) is 0 Å². The lowest BCUT2D eigenvalue weighted by atomic mass is 10.1. The second-order valence-corrected chi connectivity index (χ2v) is 5.80. The first-order valence-electron chi connectivity index (χ1n) is 7.57. The largest absolute Gasteiger partial charge is 0.508 e. The summed E-state index contributed by atoms with van der Waals surface area (Å²) in [6, 6.07) is 5.79. The summed E-state index contributed by atoms with van der Waals surface area (Å²) in [6.07, 6.45) is 5.50. The third-order valence-corrected chi connectivity index (χ3v) is 4.41. The summed E-state index contributed by atoms with van der Waals surface area (Å²) < 4.78 is 0. The third-order valence-electron chi connectivity index (χ3n) is 4.41. The van der Waals surface area contributed by atoms with E-state index in [1.165, 1.54) is 17.5 Å². The molecule has 1 aliphatic heterocycles. The number of nitrogens with one attached hydrogen (secondary N) is 1. The van der Waals surface area contributed by atoms with E-state index < -0.39 is 0 Å². The number of hydrogen-bond acceptors (Lipinski definition) is 3. The first-order valence-corrected chi connectivity index (χ1v) is 7.57. The van der Waals surface area contributed by atoms with Crippen LogP contribution in [0.2, 0.25) is 0 Å². The van der Waals surface area contributed by atoms with Gasteiger partial charge in [0.2, 0.25) is 5.91 Å². The van der Waals surface area contributed by atoms with Gasteiger partial charge in [-0.25, -0.2) is 0 Å². The van der Waals surface area contributed by atoms with Crippen molar-refractivity contribution in [2.45, 2.75) is 38.1 Å². The van der Waals surface area contributed by atoms with E-state index in [1.807, 2.05) is 17.0 Å². The number of carbonyl (C=O) groups is 1. The van der Waals surface area contributed by atoms with Crippen LogP contribution in [-0.4, -0.2) is 35.5 Å². The van der Waals surface area contributed by atoms with Gasteiger partial charge in [-0.05, 0) is 55.4 Å². The lowest BCUT2D eigenvalue weighted by Gasteiger charge is -2.27. The third kappa shape index (κ3) is 2.80. The molecule has 1 aromatic rings. The number of phenols is 1. The van der Waals surface area contributed by atoms with Crippen molar-refractivity contribution in [1.29, 1.82) is 0 Å². The minimum Gasteiger partial charge on any atom is -0.508 e. The Morgan fingerprint density at radius 2 is 2.10 bits per heavy atom. The highest BCUT2D eigenvalue weighted by Gasteiger charge is 2.24. The Morgan fingerprint density at radius 1 is 1.30 bits per heavy atom. The molecule has 1 fully saturated rings. The maximum atomic E-state index is 12.1. The topological polar surface area (TPSA) is 52.6 Å². The van der Waals surface area contributed by atoms with Gasteiger partial charge in [-0.15, -0.1) is 0 Å². The van der Waals surface area contributed by atoms with Crippen LogP contribution < -0.4 is 5.32 Å². The molecule has 0 radical (unpaired) electrons. The average molecular weight is 274 g/mol. The molecular weight excluding hydrogens is 252 g/mol. The van der Waals surface area contributed by atoms with Crippen molar-refractivity contribution >= 4 is 5.91 Å². The van der Waals surface area contributed by atoms with Crippen molar-refractivity contribution in [3.8, 4) is 5.75 Å². The van der Waals surface area contributed by atoms with Crippen molar-refractivity contribution < 1.29 is 9.90 Å². The van der Waals surface area contributed by atoms with Crippen molar-refractivity contribution in [2.24, 2.45) is 0 Å². The van der Waals surface area contributed by atoms with Crippen LogP contribution in [-0.2, 0) is 11.2 Å². The smallest absolute Gasteiger partial charge is 0.236 e. The first-order chi connectivity index (χ1) is 9.74. The number of nitrogens with zero attached hydrogens (tertiary/aromatic N) is 1. The Morgan fingerprint density at radius 3 is 2.90 bits per heavy atom. The molecule has 0 bridgehead atoms. The van der Waals surface area contributed by atoms with Gasteiger partial charge >= 0.3 is 0 Å². The lowest BCUT2D eigenvalue weighted by Crippen LogP contribution is -2.41. The molecule has 0 aromatic heterocycles. The lowest BCUT2D eigenvalue weighted by molar-refractivity contribution is -0.131. The maximum Gasteiger partial charge on any atom is 0.236 e. The molecule has 1 saturated heterocycles. The van der Waals surface area contributed by atoms with Gasteiger partial charge in [0.15, 0.2) is 0 Å². The molecule has 2 N–H and O–H groups in total. The van der Waals surface area contributed by atoms with Gasteiger partial charge in [0.05, 0.1) is 6.54 Å². The molecule has 0 saturated carbocycles. The van der Waals surface area contributed by atoms with Crippen molar-refractivity contribution in [1.82, 2.24) is 10.2 Å². The summed E-state index contributed by atoms with van der Waals surface area (Å²) in [4.78, 5) is 14.1. The average Bonchev–Trinajstić information content (AvgIpc) is 2.88. The SMILES string of the molecule is O=C(CNC1CCc2cc(O)ccc21)N1CCCCC1. The van der Waals surface area contributed by atoms with Crippen molar-refractivity contribution in [3.05, 3.63) is 29.3 Å². The molecule has 1 amide bonds. The van der Waals surface area contributed by atoms with Gasteiger partial charge in [0.25, 0.3) is 0 Å². The first kappa shape index (κ1) is 13.4. The number of amides is 1. The summed E-state index contributed by atoms with van der Waals surface area (Å²) in [6.45, 7) is 2.25. The molecule has 20 heavy (non-hydrogen) atoms. The number of phenolic OH excluding ortho intramolecular Hbond substituents is 1. The van der Waals surface area contributed by atoms with E-state index in [-0.39, 0.29) is 11.9 Å². The highest BCUT2D eigenvalue weighted by molar-refractivity contribution is 5.78. The molecule has 4 heteroatoms. The number of aryl methyl sites for hydroxylation is 1. The zero-order chi connectivity index (χ0) is 13.9. The number of benzene rings is 1. The summed E-state index contributed by atoms with van der Waals surface area (Å²) in [5.74, 6) is 0.547. The van der Waals surface area contributed by atoms with E-state index in [1.54, 1.807) is 6.07 Å². The summed E-state index contributed by atoms with van der Waals surface area (Å²) in [7, 11) is 0. The minimum absolute atomic E-state index is 0.219. The van der Waals surface area contributed by atoms with E-state index in [0.29, 0.717) is 12.3 Å². The Hall–Kier alpha value is -1.55. The monoisotopic (exact) mass is 274 g/mol. The maximum absolute atomic E-state index is 12.1. The van der Waals surface area contributed by atoms with Crippen LogP contribution in [0.1, 0.15) is 42.9 Å². The van der Waals surface area contributed by atoms with Gasteiger partial charge < -0.3 is 15.3 Å². The molecule has 1 aromatic carbocycles. The number of piperidine rings is 1. The second kappa shape index (κ2) is 5.83. The van der Waals surface area contributed by atoms with Crippen LogP contribution in [0.25, 0.3) is 0 Å². The van der Waals surface area contributed by atoms with Crippen LogP contribution >= 0.6 is 0 Å². The number of likely N-dealkylation sites (tertiary alicyclic amines) is 1. The number of fused-ring (bicyclic) bond motifs is 1. The standard InChI is InChI=1S/C16H22N2O2/c19-13-5-6-14-12(10-13)4-7-15(14)17-11-16(20)18-8-2-1-3-9-18/h5-6,10,15,17,19H,1-4,7-9,11H2. The summed E-state index contributed by atoms with van der Waals surface area (Å²) in [5, 5.41) is 12.9. The Bertz CT molecular complexity index is 495. The number of aromatic hydroxyl groups is 1. The van der Waals surface area contributed by atoms with Crippen LogP contribution in [0.5, 0.6) is 5.75 Å². The van der Waals surface area contributed by atoms with E-state index in [0.717, 1.165) is 38.8 Å². The van der Waals surface area contributed by atoms with Crippen molar-refractivity contribution in [3.63, 3.8) is 0 Å². The summed E-state index contributed by atoms with van der Waals surface area (Å²) in [5.41, 5.74) is 2.43. The zero-order valence-corrected chi connectivity index (χ0v) is 11.8. The molecule has 3 rings (SSSR count). The molecule has 1 unspecified atom stereocenters. The van der Waals surface area contributed by atoms with E-state index in [9.17, 15) is 9.90 Å². The Balaban J connectivity index is 1.56. The van der Waals surface area contributed by atoms with Gasteiger partial charge in [-0.1, -0.05) is 6.07 Å². The molecular formula is C16H22N2O2. The highest BCUT2D eigenvalue weighted by Crippen LogP contribution is 2.33. The quantitative estimate of drug-likeness (QED) is 0.886. The molecule has 2 aliphatic rings. The van der Waals surface area contributed by atoms with Gasteiger partial charge in [0, 0.05) is 19.1 Å². The van der Waals surface area contributed by atoms with Gasteiger partial charge in [-0.2, -0.15) is 0 Å². The highest BCUT2D eigenvalue weighted by atomic mass is 16.3. The summed E-state index contributed by atoms with van der Waals surface area (Å²) >= 11 is 0. The molecule has 4 nitrogen and oxygen atoms in total. The number of rotatable bonds is 3.